The number of aryl methyl sites for hydroxylation is 1. The molecule has 2 aromatic heterocycles. The molecule has 0 N–H and O–H groups in total. The summed E-state index contributed by atoms with van der Waals surface area (Å²) in [5, 5.41) is 2.34. The van der Waals surface area contributed by atoms with Gasteiger partial charge in [-0.25, -0.2) is 0 Å². The Morgan fingerprint density at radius 1 is 0.788 bits per heavy atom. The van der Waals surface area contributed by atoms with Crippen molar-refractivity contribution in [1.29, 1.82) is 0 Å². The van der Waals surface area contributed by atoms with Gasteiger partial charge in [-0.2, -0.15) is 0 Å². The molecular formula is C30H46S2Sn. The van der Waals surface area contributed by atoms with E-state index >= 15 is 0 Å². The molecule has 0 nitrogen and oxygen atoms in total. The van der Waals surface area contributed by atoms with E-state index in [1.807, 2.05) is 19.8 Å². The SMILES string of the molecule is CCC[CH2][Sn]([CH2]CCC)([CH2]CCC)[c]1sc2ccsc2c1CCCCC(C)c1ccccc1. The quantitative estimate of drug-likeness (QED) is 0.115. The molecule has 182 valence electrons. The van der Waals surface area contributed by atoms with Gasteiger partial charge in [0.25, 0.3) is 0 Å². The Morgan fingerprint density at radius 3 is 2.03 bits per heavy atom. The van der Waals surface area contributed by atoms with Crippen molar-refractivity contribution < 1.29 is 0 Å². The Balaban J connectivity index is 1.80. The van der Waals surface area contributed by atoms with Gasteiger partial charge in [-0.05, 0) is 0 Å². The van der Waals surface area contributed by atoms with Gasteiger partial charge in [-0.3, -0.25) is 0 Å². The van der Waals surface area contributed by atoms with Gasteiger partial charge in [0.2, 0.25) is 0 Å². The van der Waals surface area contributed by atoms with Gasteiger partial charge in [0, 0.05) is 0 Å². The van der Waals surface area contributed by atoms with E-state index in [0.29, 0.717) is 5.92 Å². The summed E-state index contributed by atoms with van der Waals surface area (Å²) in [6, 6.07) is 13.5. The van der Waals surface area contributed by atoms with Crippen molar-refractivity contribution in [1.82, 2.24) is 0 Å². The van der Waals surface area contributed by atoms with Crippen molar-refractivity contribution in [3.05, 3.63) is 52.9 Å². The summed E-state index contributed by atoms with van der Waals surface area (Å²) in [5.41, 5.74) is 3.33. The van der Waals surface area contributed by atoms with Crippen LogP contribution < -0.4 is 2.89 Å². The van der Waals surface area contributed by atoms with Crippen LogP contribution in [-0.4, -0.2) is 18.4 Å². The van der Waals surface area contributed by atoms with Crippen LogP contribution in [0.3, 0.4) is 0 Å². The Labute approximate surface area is 216 Å². The zero-order valence-corrected chi connectivity index (χ0v) is 26.1. The molecule has 0 spiro atoms. The average Bonchev–Trinajstić information content (AvgIpc) is 3.44. The fraction of sp³-hybridized carbons (Fsp3) is 0.600. The van der Waals surface area contributed by atoms with Gasteiger partial charge < -0.3 is 0 Å². The van der Waals surface area contributed by atoms with Crippen molar-refractivity contribution in [2.75, 3.05) is 0 Å². The molecule has 0 aliphatic rings. The molecule has 0 saturated carbocycles. The standard InChI is InChI=1S/C18H19S2.3C4H9.Sn/c1-14(15-8-3-2-4-9-15)7-5-6-10-16-13-20-17-11-12-19-18(16)17;3*1-3-4-2;/h2-4,8-9,11-12,14H,5-7,10H2,1H3;3*1,3-4H2,2H3;. The van der Waals surface area contributed by atoms with E-state index in [-0.39, 0.29) is 0 Å². The molecule has 3 rings (SSSR count). The molecular weight excluding hydrogens is 543 g/mol. The summed E-state index contributed by atoms with van der Waals surface area (Å²) in [4.78, 5) is 0. The molecule has 33 heavy (non-hydrogen) atoms. The molecule has 0 radical (unpaired) electrons. The number of benzene rings is 1. The Morgan fingerprint density at radius 2 is 1.42 bits per heavy atom. The molecule has 0 bridgehead atoms. The van der Waals surface area contributed by atoms with Crippen LogP contribution in [0.4, 0.5) is 0 Å². The fourth-order valence-corrected chi connectivity index (χ4v) is 28.5. The van der Waals surface area contributed by atoms with Crippen molar-refractivity contribution >= 4 is 53.3 Å². The third-order valence-corrected chi connectivity index (χ3v) is 28.3. The van der Waals surface area contributed by atoms with Crippen LogP contribution in [0, 0.1) is 0 Å². The van der Waals surface area contributed by atoms with Crippen LogP contribution in [0.2, 0.25) is 13.3 Å². The molecule has 0 saturated heterocycles. The number of fused-ring (bicyclic) bond motifs is 1. The van der Waals surface area contributed by atoms with E-state index in [4.69, 9.17) is 0 Å². The first-order chi connectivity index (χ1) is 16.1. The summed E-state index contributed by atoms with van der Waals surface area (Å²) in [7, 11) is 0. The van der Waals surface area contributed by atoms with Gasteiger partial charge in [0.15, 0.2) is 0 Å². The van der Waals surface area contributed by atoms with Crippen LogP contribution in [0.1, 0.15) is 103 Å². The van der Waals surface area contributed by atoms with Crippen LogP contribution >= 0.6 is 22.7 Å². The van der Waals surface area contributed by atoms with Gasteiger partial charge in [-0.1, -0.05) is 0 Å². The number of hydrogen-bond acceptors (Lipinski definition) is 2. The van der Waals surface area contributed by atoms with E-state index in [1.54, 1.807) is 22.7 Å². The fourth-order valence-electron chi connectivity index (χ4n) is 5.49. The molecule has 1 atom stereocenters. The topological polar surface area (TPSA) is 0 Å². The first-order valence-corrected chi connectivity index (χ1v) is 22.9. The molecule has 0 amide bonds. The molecule has 1 aromatic carbocycles. The van der Waals surface area contributed by atoms with E-state index in [9.17, 15) is 0 Å². The van der Waals surface area contributed by atoms with E-state index < -0.39 is 18.4 Å². The molecule has 0 aliphatic carbocycles. The third-order valence-electron chi connectivity index (χ3n) is 7.58. The summed E-state index contributed by atoms with van der Waals surface area (Å²) in [6.07, 6.45) is 13.8. The molecule has 0 fully saturated rings. The van der Waals surface area contributed by atoms with Crippen molar-refractivity contribution in [2.24, 2.45) is 0 Å². The van der Waals surface area contributed by atoms with Gasteiger partial charge in [0.1, 0.15) is 0 Å². The number of hydrogen-bond donors (Lipinski definition) is 0. The van der Waals surface area contributed by atoms with Crippen LogP contribution in [0.5, 0.6) is 0 Å². The number of thiophene rings is 2. The zero-order valence-electron chi connectivity index (χ0n) is 21.6. The van der Waals surface area contributed by atoms with Crippen LogP contribution in [0.15, 0.2) is 41.8 Å². The molecule has 3 aromatic rings. The second kappa shape index (κ2) is 14.3. The average molecular weight is 590 g/mol. The third kappa shape index (κ3) is 7.33. The van der Waals surface area contributed by atoms with Crippen LogP contribution in [-0.2, 0) is 6.42 Å². The molecule has 0 aliphatic heterocycles. The number of rotatable bonds is 16. The van der Waals surface area contributed by atoms with E-state index in [2.05, 4.69) is 80.8 Å². The van der Waals surface area contributed by atoms with Crippen molar-refractivity contribution in [2.45, 2.75) is 111 Å². The van der Waals surface area contributed by atoms with Gasteiger partial charge >= 0.3 is 217 Å². The monoisotopic (exact) mass is 590 g/mol. The predicted molar refractivity (Wildman–Crippen MR) is 157 cm³/mol. The maximum absolute atomic E-state index is 2.42. The van der Waals surface area contributed by atoms with Crippen molar-refractivity contribution in [3.8, 4) is 0 Å². The molecule has 2 heterocycles. The van der Waals surface area contributed by atoms with Gasteiger partial charge in [-0.15, -0.1) is 0 Å². The first-order valence-electron chi connectivity index (χ1n) is 13.7. The molecule has 1 unspecified atom stereocenters. The maximum atomic E-state index is 2.42. The number of unbranched alkanes of at least 4 members (excludes halogenated alkanes) is 4. The minimum atomic E-state index is -2.38. The summed E-state index contributed by atoms with van der Waals surface area (Å²) >= 11 is 1.90. The summed E-state index contributed by atoms with van der Waals surface area (Å²) in [5.74, 6) is 0.673. The van der Waals surface area contributed by atoms with Crippen molar-refractivity contribution in [3.63, 3.8) is 0 Å². The Bertz CT molecular complexity index is 902. The predicted octanol–water partition coefficient (Wildman–Crippen LogP) is 10.5. The second-order valence-electron chi connectivity index (χ2n) is 10.2. The Hall–Kier alpha value is -0.321. The van der Waals surface area contributed by atoms with E-state index in [0.717, 1.165) is 0 Å². The zero-order chi connectivity index (χ0) is 23.5. The van der Waals surface area contributed by atoms with Gasteiger partial charge in [0.05, 0.1) is 0 Å². The molecule has 3 heteroatoms. The summed E-state index contributed by atoms with van der Waals surface area (Å²) < 4.78 is 10.0. The normalized spacial score (nSPS) is 13.1. The second-order valence-corrected chi connectivity index (χ2v) is 26.2. The summed E-state index contributed by atoms with van der Waals surface area (Å²) in [6.45, 7) is 9.61. The Kier molecular flexibility index (Phi) is 11.8. The van der Waals surface area contributed by atoms with E-state index in [1.165, 1.54) is 69.8 Å². The first kappa shape index (κ1) is 27.3. The minimum absolute atomic E-state index is 0.673. The van der Waals surface area contributed by atoms with Crippen LogP contribution in [0.25, 0.3) is 9.40 Å².